The van der Waals surface area contributed by atoms with Crippen LogP contribution in [0.5, 0.6) is 0 Å². The molecular formula is C10H22N2O. The van der Waals surface area contributed by atoms with Gasteiger partial charge >= 0.3 is 0 Å². The Morgan fingerprint density at radius 1 is 1.54 bits per heavy atom. The Balaban J connectivity index is 1.90. The summed E-state index contributed by atoms with van der Waals surface area (Å²) in [4.78, 5) is 0. The summed E-state index contributed by atoms with van der Waals surface area (Å²) in [5, 5.41) is 3.51. The summed E-state index contributed by atoms with van der Waals surface area (Å²) in [6, 6.07) is 0.690. The molecule has 3 N–H and O–H groups in total. The molecule has 78 valence electrons. The Morgan fingerprint density at radius 2 is 2.23 bits per heavy atom. The molecule has 0 aromatic rings. The van der Waals surface area contributed by atoms with Gasteiger partial charge in [0.2, 0.25) is 0 Å². The minimum absolute atomic E-state index is 0.504. The van der Waals surface area contributed by atoms with Crippen LogP contribution in [0.2, 0.25) is 0 Å². The normalized spacial score (nSPS) is 29.8. The van der Waals surface area contributed by atoms with E-state index >= 15 is 0 Å². The first-order valence-corrected chi connectivity index (χ1v) is 5.22. The molecule has 0 spiro atoms. The summed E-state index contributed by atoms with van der Waals surface area (Å²) < 4.78 is 5.20. The molecule has 1 unspecified atom stereocenters. The van der Waals surface area contributed by atoms with Crippen molar-refractivity contribution in [2.75, 3.05) is 20.2 Å². The molecular weight excluding hydrogens is 164 g/mol. The van der Waals surface area contributed by atoms with Crippen LogP contribution < -0.4 is 11.1 Å². The highest BCUT2D eigenvalue weighted by Gasteiger charge is 2.27. The lowest BCUT2D eigenvalue weighted by Gasteiger charge is -2.35. The van der Waals surface area contributed by atoms with E-state index < -0.39 is 0 Å². The van der Waals surface area contributed by atoms with Crippen molar-refractivity contribution in [3.8, 4) is 0 Å². The van der Waals surface area contributed by atoms with E-state index in [-0.39, 0.29) is 0 Å². The van der Waals surface area contributed by atoms with Crippen molar-refractivity contribution in [1.82, 2.24) is 5.32 Å². The van der Waals surface area contributed by atoms with Gasteiger partial charge in [-0.1, -0.05) is 6.92 Å². The number of hydrogen-bond acceptors (Lipinski definition) is 3. The van der Waals surface area contributed by atoms with Crippen molar-refractivity contribution in [2.45, 2.75) is 38.3 Å². The van der Waals surface area contributed by atoms with Crippen LogP contribution >= 0.6 is 0 Å². The fraction of sp³-hybridized carbons (Fsp3) is 1.00. The largest absolute Gasteiger partial charge is 0.381 e. The molecule has 0 aromatic heterocycles. The number of nitrogens with two attached hydrogens (primary N) is 1. The van der Waals surface area contributed by atoms with Crippen LogP contribution in [-0.4, -0.2) is 32.3 Å². The summed E-state index contributed by atoms with van der Waals surface area (Å²) in [6.45, 7) is 4.09. The van der Waals surface area contributed by atoms with Gasteiger partial charge in [-0.2, -0.15) is 0 Å². The predicted molar refractivity (Wildman–Crippen MR) is 54.7 cm³/mol. The smallest absolute Gasteiger partial charge is 0.0601 e. The molecule has 0 amide bonds. The molecule has 0 saturated heterocycles. The van der Waals surface area contributed by atoms with E-state index in [4.69, 9.17) is 10.5 Å². The Hall–Kier alpha value is -0.120. The Labute approximate surface area is 81.0 Å². The average molecular weight is 186 g/mol. The molecule has 0 aliphatic heterocycles. The van der Waals surface area contributed by atoms with E-state index in [1.165, 1.54) is 19.3 Å². The summed E-state index contributed by atoms with van der Waals surface area (Å²) >= 11 is 0. The number of rotatable bonds is 6. The van der Waals surface area contributed by atoms with Crippen LogP contribution in [0.4, 0.5) is 0 Å². The predicted octanol–water partition coefficient (Wildman–Crippen LogP) is 0.738. The second kappa shape index (κ2) is 5.58. The zero-order chi connectivity index (χ0) is 9.68. The third-order valence-electron chi connectivity index (χ3n) is 2.90. The maximum absolute atomic E-state index is 5.53. The maximum atomic E-state index is 5.53. The van der Waals surface area contributed by atoms with Crippen LogP contribution in [0.1, 0.15) is 26.2 Å². The van der Waals surface area contributed by atoms with E-state index in [0.29, 0.717) is 18.1 Å². The van der Waals surface area contributed by atoms with Crippen molar-refractivity contribution in [2.24, 2.45) is 11.7 Å². The average Bonchev–Trinajstić information content (AvgIpc) is 2.08. The number of hydrogen-bond donors (Lipinski definition) is 2. The van der Waals surface area contributed by atoms with E-state index in [2.05, 4.69) is 12.2 Å². The zero-order valence-electron chi connectivity index (χ0n) is 8.75. The summed E-state index contributed by atoms with van der Waals surface area (Å²) in [7, 11) is 1.79. The minimum Gasteiger partial charge on any atom is -0.381 e. The minimum atomic E-state index is 0.504. The molecule has 0 aromatic carbocycles. The standard InChI is InChI=1S/C10H22N2O/c1-8(7-11)3-4-12-9-5-10(6-9)13-2/h8-10,12H,3-7,11H2,1-2H3. The zero-order valence-corrected chi connectivity index (χ0v) is 8.75. The molecule has 13 heavy (non-hydrogen) atoms. The molecule has 1 rings (SSSR count). The van der Waals surface area contributed by atoms with Gasteiger partial charge in [0.25, 0.3) is 0 Å². The monoisotopic (exact) mass is 186 g/mol. The van der Waals surface area contributed by atoms with Crippen LogP contribution in [0.3, 0.4) is 0 Å². The maximum Gasteiger partial charge on any atom is 0.0601 e. The second-order valence-corrected chi connectivity index (χ2v) is 4.11. The summed E-state index contributed by atoms with van der Waals surface area (Å²) in [5.41, 5.74) is 5.53. The molecule has 0 bridgehead atoms. The molecule has 1 atom stereocenters. The van der Waals surface area contributed by atoms with Crippen molar-refractivity contribution >= 4 is 0 Å². The molecule has 1 saturated carbocycles. The van der Waals surface area contributed by atoms with Gasteiger partial charge in [0.1, 0.15) is 0 Å². The van der Waals surface area contributed by atoms with Crippen LogP contribution in [-0.2, 0) is 4.74 Å². The van der Waals surface area contributed by atoms with Crippen molar-refractivity contribution in [1.29, 1.82) is 0 Å². The van der Waals surface area contributed by atoms with Gasteiger partial charge in [-0.05, 0) is 38.3 Å². The van der Waals surface area contributed by atoms with Crippen molar-refractivity contribution < 1.29 is 4.74 Å². The van der Waals surface area contributed by atoms with Crippen LogP contribution in [0.15, 0.2) is 0 Å². The van der Waals surface area contributed by atoms with Gasteiger partial charge in [-0.15, -0.1) is 0 Å². The van der Waals surface area contributed by atoms with Gasteiger partial charge < -0.3 is 15.8 Å². The first-order valence-electron chi connectivity index (χ1n) is 5.22. The van der Waals surface area contributed by atoms with E-state index in [9.17, 15) is 0 Å². The third kappa shape index (κ3) is 3.63. The quantitative estimate of drug-likeness (QED) is 0.643. The van der Waals surface area contributed by atoms with Gasteiger partial charge in [0.05, 0.1) is 6.10 Å². The molecule has 3 nitrogen and oxygen atoms in total. The summed E-state index contributed by atoms with van der Waals surface area (Å²) in [6.07, 6.45) is 4.04. The number of methoxy groups -OCH3 is 1. The fourth-order valence-corrected chi connectivity index (χ4v) is 1.58. The van der Waals surface area contributed by atoms with E-state index in [1.807, 2.05) is 0 Å². The number of nitrogens with one attached hydrogen (secondary N) is 1. The molecule has 3 heteroatoms. The van der Waals surface area contributed by atoms with Crippen molar-refractivity contribution in [3.63, 3.8) is 0 Å². The van der Waals surface area contributed by atoms with Gasteiger partial charge in [0, 0.05) is 13.2 Å². The Morgan fingerprint density at radius 3 is 2.77 bits per heavy atom. The molecule has 1 aliphatic carbocycles. The third-order valence-corrected chi connectivity index (χ3v) is 2.90. The second-order valence-electron chi connectivity index (χ2n) is 4.11. The van der Waals surface area contributed by atoms with E-state index in [1.54, 1.807) is 7.11 Å². The van der Waals surface area contributed by atoms with Gasteiger partial charge in [-0.25, -0.2) is 0 Å². The first-order chi connectivity index (χ1) is 6.26. The molecule has 1 fully saturated rings. The van der Waals surface area contributed by atoms with Crippen LogP contribution in [0, 0.1) is 5.92 Å². The Bertz CT molecular complexity index is 135. The van der Waals surface area contributed by atoms with Crippen LogP contribution in [0.25, 0.3) is 0 Å². The van der Waals surface area contributed by atoms with Gasteiger partial charge in [0.15, 0.2) is 0 Å². The highest BCUT2D eigenvalue weighted by molar-refractivity contribution is 4.85. The highest BCUT2D eigenvalue weighted by Crippen LogP contribution is 2.22. The number of ether oxygens (including phenoxy) is 1. The lowest BCUT2D eigenvalue weighted by Crippen LogP contribution is -2.45. The highest BCUT2D eigenvalue weighted by atomic mass is 16.5. The van der Waals surface area contributed by atoms with Crippen molar-refractivity contribution in [3.05, 3.63) is 0 Å². The van der Waals surface area contributed by atoms with E-state index in [0.717, 1.165) is 13.1 Å². The SMILES string of the molecule is COC1CC(NCCC(C)CN)C1. The molecule has 0 heterocycles. The van der Waals surface area contributed by atoms with Gasteiger partial charge in [-0.3, -0.25) is 0 Å². The first kappa shape index (κ1) is 11.0. The molecule has 1 aliphatic rings. The molecule has 0 radical (unpaired) electrons. The summed E-state index contributed by atoms with van der Waals surface area (Å²) in [5.74, 6) is 0.644. The lowest BCUT2D eigenvalue weighted by atomic mass is 9.89. The topological polar surface area (TPSA) is 47.3 Å². The Kier molecular flexibility index (Phi) is 4.70. The fourth-order valence-electron chi connectivity index (χ4n) is 1.58. The lowest BCUT2D eigenvalue weighted by molar-refractivity contribution is 0.0173.